The third-order valence-electron chi connectivity index (χ3n) is 1.15. The molecule has 0 aliphatic rings. The molecule has 0 aromatic heterocycles. The average molecular weight is 206 g/mol. The second-order valence-corrected chi connectivity index (χ2v) is 7.78. The summed E-state index contributed by atoms with van der Waals surface area (Å²) in [6.45, 7) is 10.5. The Balaban J connectivity index is 4.14. The molecule has 3 heteroatoms. The Morgan fingerprint density at radius 3 is 1.58 bits per heavy atom. The molecule has 0 N–H and O–H groups in total. The molecule has 0 rings (SSSR count). The third kappa shape index (κ3) is 5.09. The van der Waals surface area contributed by atoms with Gasteiger partial charge in [0.25, 0.3) is 0 Å². The van der Waals surface area contributed by atoms with Crippen LogP contribution in [0.5, 0.6) is 0 Å². The Hall–Kier alpha value is 0.370. The van der Waals surface area contributed by atoms with Crippen LogP contribution in [0.25, 0.3) is 0 Å². The van der Waals surface area contributed by atoms with Gasteiger partial charge < -0.3 is 4.79 Å². The van der Waals surface area contributed by atoms with Gasteiger partial charge in [0.05, 0.1) is 0 Å². The van der Waals surface area contributed by atoms with Gasteiger partial charge in [-0.3, -0.25) is 0 Å². The molecule has 0 atom stereocenters. The zero-order chi connectivity index (χ0) is 9.78. The Kier molecular flexibility index (Phi) is 5.34. The van der Waals surface area contributed by atoms with Gasteiger partial charge >= 0.3 is 0 Å². The van der Waals surface area contributed by atoms with E-state index >= 15 is 0 Å². The van der Waals surface area contributed by atoms with Gasteiger partial charge in [0.2, 0.25) is 0 Å². The fourth-order valence-electron chi connectivity index (χ4n) is 1.02. The zero-order valence-corrected chi connectivity index (χ0v) is 10.1. The summed E-state index contributed by atoms with van der Waals surface area (Å²) in [5.74, 6) is 0. The third-order valence-corrected chi connectivity index (χ3v) is 3.80. The van der Waals surface area contributed by atoms with Crippen LogP contribution in [0.1, 0.15) is 34.6 Å². The lowest BCUT2D eigenvalue weighted by atomic mass is 10.5. The molecular formula is C9H18OS2. The first-order chi connectivity index (χ1) is 5.39. The van der Waals surface area contributed by atoms with Gasteiger partial charge in [-0.15, -0.1) is 23.5 Å². The molecule has 0 saturated carbocycles. The van der Waals surface area contributed by atoms with Crippen LogP contribution < -0.4 is 0 Å². The Morgan fingerprint density at radius 1 is 1.08 bits per heavy atom. The summed E-state index contributed by atoms with van der Waals surface area (Å²) in [5.41, 5.74) is 0. The Labute approximate surface area is 84.1 Å². The average Bonchev–Trinajstić information content (AvgIpc) is 1.83. The number of carbonyl (C=O) groups is 1. The first kappa shape index (κ1) is 12.4. The summed E-state index contributed by atoms with van der Waals surface area (Å²) in [6, 6.07) is 0. The van der Waals surface area contributed by atoms with Gasteiger partial charge in [0, 0.05) is 10.5 Å². The smallest absolute Gasteiger partial charge is 0.145 e. The van der Waals surface area contributed by atoms with Crippen LogP contribution in [0.3, 0.4) is 0 Å². The van der Waals surface area contributed by atoms with Crippen LogP contribution >= 0.6 is 23.5 Å². The second-order valence-electron chi connectivity index (χ2n) is 3.47. The summed E-state index contributed by atoms with van der Waals surface area (Å²) < 4.78 is -0.262. The first-order valence-corrected chi connectivity index (χ1v) is 5.97. The van der Waals surface area contributed by atoms with Gasteiger partial charge in [0.15, 0.2) is 0 Å². The van der Waals surface area contributed by atoms with Crippen LogP contribution in [-0.4, -0.2) is 20.9 Å². The number of carbonyl (C=O) groups excluding carboxylic acids is 1. The highest BCUT2D eigenvalue weighted by molar-refractivity contribution is 8.19. The molecule has 0 aromatic carbocycles. The van der Waals surface area contributed by atoms with Crippen LogP contribution in [0.15, 0.2) is 0 Å². The molecule has 0 aliphatic carbocycles. The topological polar surface area (TPSA) is 17.1 Å². The predicted molar refractivity (Wildman–Crippen MR) is 59.9 cm³/mol. The van der Waals surface area contributed by atoms with Crippen molar-refractivity contribution in [1.29, 1.82) is 0 Å². The molecule has 12 heavy (non-hydrogen) atoms. The molecule has 0 saturated heterocycles. The van der Waals surface area contributed by atoms with Crippen molar-refractivity contribution in [3.05, 3.63) is 0 Å². The maximum absolute atomic E-state index is 10.9. The van der Waals surface area contributed by atoms with Crippen LogP contribution in [0, 0.1) is 0 Å². The summed E-state index contributed by atoms with van der Waals surface area (Å²) >= 11 is 3.45. The van der Waals surface area contributed by atoms with Crippen molar-refractivity contribution < 1.29 is 4.79 Å². The molecule has 0 unspecified atom stereocenters. The van der Waals surface area contributed by atoms with Gasteiger partial charge in [-0.05, 0) is 6.92 Å². The zero-order valence-electron chi connectivity index (χ0n) is 8.46. The quantitative estimate of drug-likeness (QED) is 0.508. The van der Waals surface area contributed by atoms with E-state index in [1.165, 1.54) is 0 Å². The molecule has 0 aromatic rings. The van der Waals surface area contributed by atoms with Crippen molar-refractivity contribution in [2.75, 3.05) is 0 Å². The number of thioether (sulfide) groups is 2. The van der Waals surface area contributed by atoms with Crippen molar-refractivity contribution >= 4 is 29.8 Å². The maximum atomic E-state index is 10.9. The molecular weight excluding hydrogens is 188 g/mol. The highest BCUT2D eigenvalue weighted by Gasteiger charge is 2.27. The van der Waals surface area contributed by atoms with Crippen molar-refractivity contribution in [2.45, 2.75) is 49.2 Å². The van der Waals surface area contributed by atoms with E-state index in [1.807, 2.05) is 6.92 Å². The van der Waals surface area contributed by atoms with E-state index in [1.54, 1.807) is 23.5 Å². The minimum Gasteiger partial charge on any atom is -0.301 e. The van der Waals surface area contributed by atoms with Crippen LogP contribution in [-0.2, 0) is 4.79 Å². The summed E-state index contributed by atoms with van der Waals surface area (Å²) in [4.78, 5) is 10.9. The lowest BCUT2D eigenvalue weighted by Crippen LogP contribution is -2.21. The normalized spacial score (nSPS) is 12.6. The highest BCUT2D eigenvalue weighted by atomic mass is 32.2. The van der Waals surface area contributed by atoms with Crippen molar-refractivity contribution in [2.24, 2.45) is 0 Å². The Morgan fingerprint density at radius 2 is 1.42 bits per heavy atom. The Bertz CT molecular complexity index is 133. The van der Waals surface area contributed by atoms with Gasteiger partial charge in [0.1, 0.15) is 10.4 Å². The van der Waals surface area contributed by atoms with E-state index in [2.05, 4.69) is 27.7 Å². The van der Waals surface area contributed by atoms with Crippen molar-refractivity contribution in [1.82, 2.24) is 0 Å². The van der Waals surface area contributed by atoms with E-state index in [4.69, 9.17) is 0 Å². The molecule has 0 heterocycles. The van der Waals surface area contributed by atoms with Crippen molar-refractivity contribution in [3.8, 4) is 0 Å². The minimum atomic E-state index is -0.262. The monoisotopic (exact) mass is 206 g/mol. The fraction of sp³-hybridized carbons (Fsp3) is 0.889. The van der Waals surface area contributed by atoms with E-state index < -0.39 is 0 Å². The molecule has 1 nitrogen and oxygen atoms in total. The van der Waals surface area contributed by atoms with Gasteiger partial charge in [-0.2, -0.15) is 0 Å². The van der Waals surface area contributed by atoms with E-state index in [-0.39, 0.29) is 4.08 Å². The standard InChI is InChI=1S/C9H18OS2/c1-7(2)11-9(5,6-10)12-8(3)4/h6-8H,1-5H3. The predicted octanol–water partition coefficient (Wildman–Crippen LogP) is 3.18. The molecule has 0 bridgehead atoms. The van der Waals surface area contributed by atoms with Gasteiger partial charge in [-0.25, -0.2) is 0 Å². The molecule has 0 fully saturated rings. The second kappa shape index (κ2) is 5.18. The molecule has 0 aliphatic heterocycles. The SMILES string of the molecule is CC(C)SC(C)(C=O)SC(C)C. The van der Waals surface area contributed by atoms with Gasteiger partial charge in [-0.1, -0.05) is 27.7 Å². The van der Waals surface area contributed by atoms with Crippen molar-refractivity contribution in [3.63, 3.8) is 0 Å². The molecule has 0 amide bonds. The minimum absolute atomic E-state index is 0.262. The number of aldehydes is 1. The molecule has 72 valence electrons. The van der Waals surface area contributed by atoms with E-state index in [9.17, 15) is 4.79 Å². The lowest BCUT2D eigenvalue weighted by molar-refractivity contribution is -0.107. The maximum Gasteiger partial charge on any atom is 0.145 e. The number of rotatable bonds is 5. The lowest BCUT2D eigenvalue weighted by Gasteiger charge is -2.25. The van der Waals surface area contributed by atoms with Crippen LogP contribution in [0.4, 0.5) is 0 Å². The number of hydrogen-bond acceptors (Lipinski definition) is 3. The highest BCUT2D eigenvalue weighted by Crippen LogP contribution is 2.39. The van der Waals surface area contributed by atoms with E-state index in [0.29, 0.717) is 10.5 Å². The van der Waals surface area contributed by atoms with Crippen LogP contribution in [0.2, 0.25) is 0 Å². The largest absolute Gasteiger partial charge is 0.301 e. The first-order valence-electron chi connectivity index (χ1n) is 4.21. The summed E-state index contributed by atoms with van der Waals surface area (Å²) in [7, 11) is 0. The summed E-state index contributed by atoms with van der Waals surface area (Å²) in [5, 5.41) is 1.01. The fourth-order valence-corrected chi connectivity index (χ4v) is 4.38. The summed E-state index contributed by atoms with van der Waals surface area (Å²) in [6.07, 6.45) is 1.06. The molecule has 0 radical (unpaired) electrons. The van der Waals surface area contributed by atoms with E-state index in [0.717, 1.165) is 6.29 Å². The molecule has 0 spiro atoms. The number of hydrogen-bond donors (Lipinski definition) is 0.